The highest BCUT2D eigenvalue weighted by atomic mass is 32.2. The molecule has 0 atom stereocenters. The van der Waals surface area contributed by atoms with Crippen molar-refractivity contribution in [3.8, 4) is 0 Å². The van der Waals surface area contributed by atoms with Crippen LogP contribution in [0.5, 0.6) is 0 Å². The maximum absolute atomic E-state index is 12.1. The fourth-order valence-electron chi connectivity index (χ4n) is 3.20. The molecule has 4 nitrogen and oxygen atoms in total. The van der Waals surface area contributed by atoms with E-state index in [0.29, 0.717) is 11.5 Å². The molecule has 0 aliphatic carbocycles. The van der Waals surface area contributed by atoms with E-state index in [-0.39, 0.29) is 0 Å². The number of hydrogen-bond donors (Lipinski definition) is 0. The van der Waals surface area contributed by atoms with Crippen molar-refractivity contribution >= 4 is 9.84 Å². The summed E-state index contributed by atoms with van der Waals surface area (Å²) in [7, 11) is -2.83. The van der Waals surface area contributed by atoms with Crippen LogP contribution in [0.4, 0.5) is 0 Å². The summed E-state index contributed by atoms with van der Waals surface area (Å²) in [5.74, 6) is 0.773. The van der Waals surface area contributed by atoms with Crippen LogP contribution in [-0.2, 0) is 9.84 Å². The maximum atomic E-state index is 12.1. The molecule has 0 radical (unpaired) electrons. The number of unbranched alkanes of at least 4 members (excludes halogenated alkanes) is 6. The monoisotopic (exact) mass is 376 g/mol. The fourth-order valence-corrected chi connectivity index (χ4v) is 4.70. The van der Waals surface area contributed by atoms with Crippen molar-refractivity contribution in [1.82, 2.24) is 9.80 Å². The van der Waals surface area contributed by atoms with Gasteiger partial charge >= 0.3 is 0 Å². The van der Waals surface area contributed by atoms with Crippen molar-refractivity contribution in [1.29, 1.82) is 0 Å². The molecular weight excluding hydrogens is 332 g/mol. The van der Waals surface area contributed by atoms with Gasteiger partial charge in [-0.1, -0.05) is 53.4 Å². The second kappa shape index (κ2) is 16.1. The van der Waals surface area contributed by atoms with Crippen LogP contribution in [0.15, 0.2) is 0 Å². The summed E-state index contributed by atoms with van der Waals surface area (Å²) in [5.41, 5.74) is 0. The van der Waals surface area contributed by atoms with Gasteiger partial charge in [-0.05, 0) is 65.0 Å². The van der Waals surface area contributed by atoms with Crippen molar-refractivity contribution in [2.75, 3.05) is 50.8 Å². The molecule has 0 saturated carbocycles. The first-order chi connectivity index (χ1) is 12.0. The molecule has 0 aliphatic rings. The van der Waals surface area contributed by atoms with Gasteiger partial charge in [0.05, 0.1) is 11.5 Å². The zero-order chi connectivity index (χ0) is 19.0. The van der Waals surface area contributed by atoms with Crippen LogP contribution in [0.1, 0.15) is 79.1 Å². The lowest BCUT2D eigenvalue weighted by Crippen LogP contribution is -2.23. The molecule has 0 rings (SSSR count). The van der Waals surface area contributed by atoms with Gasteiger partial charge in [0.15, 0.2) is 0 Å². The van der Waals surface area contributed by atoms with Gasteiger partial charge < -0.3 is 9.80 Å². The summed E-state index contributed by atoms with van der Waals surface area (Å²) in [6.45, 7) is 15.5. The normalized spacial score (nSPS) is 12.4. The Hall–Kier alpha value is -0.130. The van der Waals surface area contributed by atoms with E-state index in [4.69, 9.17) is 0 Å². The van der Waals surface area contributed by atoms with E-state index in [1.807, 2.05) is 0 Å². The molecule has 0 amide bonds. The minimum Gasteiger partial charge on any atom is -0.304 e. The van der Waals surface area contributed by atoms with Gasteiger partial charge in [0.1, 0.15) is 9.84 Å². The lowest BCUT2D eigenvalue weighted by molar-refractivity contribution is 0.295. The number of hydrogen-bond acceptors (Lipinski definition) is 4. The average molecular weight is 377 g/mol. The smallest absolute Gasteiger partial charge is 0.150 e. The van der Waals surface area contributed by atoms with Gasteiger partial charge in [-0.2, -0.15) is 0 Å². The zero-order valence-corrected chi connectivity index (χ0v) is 18.2. The molecule has 25 heavy (non-hydrogen) atoms. The molecule has 0 unspecified atom stereocenters. The Balaban J connectivity index is 3.58. The molecule has 0 aromatic heterocycles. The summed E-state index contributed by atoms with van der Waals surface area (Å²) >= 11 is 0. The fraction of sp³-hybridized carbons (Fsp3) is 1.00. The van der Waals surface area contributed by atoms with E-state index in [0.717, 1.165) is 77.8 Å². The van der Waals surface area contributed by atoms with Gasteiger partial charge in [0, 0.05) is 0 Å². The minimum absolute atomic E-state index is 0.387. The van der Waals surface area contributed by atoms with Gasteiger partial charge in [0.25, 0.3) is 0 Å². The van der Waals surface area contributed by atoms with E-state index in [1.54, 1.807) is 0 Å². The number of sulfone groups is 1. The van der Waals surface area contributed by atoms with E-state index in [9.17, 15) is 8.42 Å². The summed E-state index contributed by atoms with van der Waals surface area (Å²) in [6.07, 6.45) is 8.44. The Labute approximate surface area is 158 Å². The first kappa shape index (κ1) is 24.9. The van der Waals surface area contributed by atoms with Crippen LogP contribution < -0.4 is 0 Å². The Kier molecular flexibility index (Phi) is 16.0. The summed E-state index contributed by atoms with van der Waals surface area (Å²) in [4.78, 5) is 4.86. The maximum Gasteiger partial charge on any atom is 0.150 e. The predicted molar refractivity (Wildman–Crippen MR) is 111 cm³/mol. The molecule has 0 saturated heterocycles. The summed E-state index contributed by atoms with van der Waals surface area (Å²) in [5, 5.41) is 0. The van der Waals surface area contributed by atoms with Crippen LogP contribution in [0.2, 0.25) is 0 Å². The molecule has 0 bridgehead atoms. The lowest BCUT2D eigenvalue weighted by atomic mass is 10.2. The molecule has 5 heteroatoms. The van der Waals surface area contributed by atoms with E-state index >= 15 is 0 Å². The van der Waals surface area contributed by atoms with E-state index in [2.05, 4.69) is 37.5 Å². The second-order valence-electron chi connectivity index (χ2n) is 7.03. The van der Waals surface area contributed by atoms with E-state index < -0.39 is 9.84 Å². The van der Waals surface area contributed by atoms with Crippen molar-refractivity contribution in [2.24, 2.45) is 0 Å². The molecule has 0 fully saturated rings. The zero-order valence-electron chi connectivity index (χ0n) is 17.4. The highest BCUT2D eigenvalue weighted by Gasteiger charge is 2.10. The third-order valence-electron chi connectivity index (χ3n) is 5.15. The van der Waals surface area contributed by atoms with Gasteiger partial charge in [-0.3, -0.25) is 0 Å². The van der Waals surface area contributed by atoms with Gasteiger partial charge in [-0.25, -0.2) is 8.42 Å². The first-order valence-electron chi connectivity index (χ1n) is 10.6. The van der Waals surface area contributed by atoms with Gasteiger partial charge in [0.2, 0.25) is 0 Å². The molecular formula is C20H44N2O2S. The molecule has 0 aliphatic heterocycles. The first-order valence-corrected chi connectivity index (χ1v) is 12.5. The van der Waals surface area contributed by atoms with Gasteiger partial charge in [-0.15, -0.1) is 0 Å². The highest BCUT2D eigenvalue weighted by molar-refractivity contribution is 7.91. The molecule has 0 spiro atoms. The third-order valence-corrected chi connectivity index (χ3v) is 6.97. The number of nitrogens with zero attached hydrogens (tertiary/aromatic N) is 2. The standard InChI is InChI=1S/C20H44N2O2S/c1-5-21(6-2)17-13-9-11-15-19-25(23,24)20-16-12-10-14-18-22(7-3)8-4/h5-20H2,1-4H3. The largest absolute Gasteiger partial charge is 0.304 e. The Bertz CT molecular complexity index is 347. The summed E-state index contributed by atoms with van der Waals surface area (Å²) in [6, 6.07) is 0. The molecule has 0 aromatic rings. The third kappa shape index (κ3) is 14.7. The van der Waals surface area contributed by atoms with Crippen molar-refractivity contribution in [2.45, 2.75) is 79.1 Å². The highest BCUT2D eigenvalue weighted by Crippen LogP contribution is 2.08. The van der Waals surface area contributed by atoms with Crippen molar-refractivity contribution in [3.63, 3.8) is 0 Å². The average Bonchev–Trinajstić information content (AvgIpc) is 2.60. The SMILES string of the molecule is CCN(CC)CCCCCCS(=O)(=O)CCCCCCN(CC)CC. The Morgan fingerprint density at radius 2 is 0.840 bits per heavy atom. The topological polar surface area (TPSA) is 40.6 Å². The number of rotatable bonds is 18. The Morgan fingerprint density at radius 3 is 1.16 bits per heavy atom. The molecule has 0 heterocycles. The quantitative estimate of drug-likeness (QED) is 0.336. The molecule has 152 valence electrons. The van der Waals surface area contributed by atoms with Crippen molar-refractivity contribution in [3.05, 3.63) is 0 Å². The predicted octanol–water partition coefficient (Wildman–Crippen LogP) is 4.21. The molecule has 0 aromatic carbocycles. The van der Waals surface area contributed by atoms with Crippen LogP contribution in [0, 0.1) is 0 Å². The molecule has 0 N–H and O–H groups in total. The minimum atomic E-state index is -2.83. The second-order valence-corrected chi connectivity index (χ2v) is 9.34. The van der Waals surface area contributed by atoms with Crippen LogP contribution in [-0.4, -0.2) is 69.0 Å². The van der Waals surface area contributed by atoms with Crippen molar-refractivity contribution < 1.29 is 8.42 Å². The summed E-state index contributed by atoms with van der Waals surface area (Å²) < 4.78 is 24.2. The lowest BCUT2D eigenvalue weighted by Gasteiger charge is -2.17. The van der Waals surface area contributed by atoms with Crippen LogP contribution in [0.25, 0.3) is 0 Å². The van der Waals surface area contributed by atoms with E-state index in [1.165, 1.54) is 12.8 Å². The Morgan fingerprint density at radius 1 is 0.520 bits per heavy atom. The van der Waals surface area contributed by atoms with Crippen LogP contribution >= 0.6 is 0 Å². The van der Waals surface area contributed by atoms with Crippen LogP contribution in [0.3, 0.4) is 0 Å².